The normalized spacial score (nSPS) is 10.2. The molecule has 2 nitrogen and oxygen atoms in total. The summed E-state index contributed by atoms with van der Waals surface area (Å²) in [6.07, 6.45) is 0. The van der Waals surface area contributed by atoms with Crippen LogP contribution >= 0.6 is 12.2 Å². The van der Waals surface area contributed by atoms with Crippen molar-refractivity contribution in [1.29, 1.82) is 0 Å². The fourth-order valence-corrected chi connectivity index (χ4v) is 2.24. The van der Waals surface area contributed by atoms with Crippen LogP contribution in [0.1, 0.15) is 16.7 Å². The van der Waals surface area contributed by atoms with Crippen molar-refractivity contribution in [2.45, 2.75) is 13.5 Å². The maximum atomic E-state index is 5.77. The minimum Gasteiger partial charge on any atom is -0.389 e. The van der Waals surface area contributed by atoms with Gasteiger partial charge >= 0.3 is 0 Å². The molecule has 3 heteroatoms. The molecule has 0 aromatic heterocycles. The van der Waals surface area contributed by atoms with Crippen LogP contribution in [0, 0.1) is 6.92 Å². The molecule has 19 heavy (non-hydrogen) atoms. The third-order valence-electron chi connectivity index (χ3n) is 3.12. The fourth-order valence-electron chi connectivity index (χ4n) is 2.07. The molecule has 98 valence electrons. The Kier molecular flexibility index (Phi) is 4.17. The van der Waals surface area contributed by atoms with E-state index in [-0.39, 0.29) is 0 Å². The Morgan fingerprint density at radius 1 is 1.11 bits per heavy atom. The van der Waals surface area contributed by atoms with Crippen LogP contribution in [0.4, 0.5) is 5.69 Å². The summed E-state index contributed by atoms with van der Waals surface area (Å²) in [6.45, 7) is 2.93. The second-order valence-corrected chi connectivity index (χ2v) is 5.16. The lowest BCUT2D eigenvalue weighted by Crippen LogP contribution is -2.21. The smallest absolute Gasteiger partial charge is 0.106 e. The largest absolute Gasteiger partial charge is 0.389 e. The van der Waals surface area contributed by atoms with Gasteiger partial charge < -0.3 is 10.6 Å². The fraction of sp³-hybridized carbons (Fsp3) is 0.188. The molecule has 0 aliphatic heterocycles. The number of para-hydroxylation sites is 1. The zero-order valence-corrected chi connectivity index (χ0v) is 12.1. The van der Waals surface area contributed by atoms with Crippen LogP contribution in [0.25, 0.3) is 0 Å². The number of aryl methyl sites for hydroxylation is 1. The predicted molar refractivity (Wildman–Crippen MR) is 85.6 cm³/mol. The van der Waals surface area contributed by atoms with Gasteiger partial charge in [-0.3, -0.25) is 0 Å². The van der Waals surface area contributed by atoms with E-state index in [1.54, 1.807) is 0 Å². The topological polar surface area (TPSA) is 29.3 Å². The van der Waals surface area contributed by atoms with Gasteiger partial charge in [0.25, 0.3) is 0 Å². The Bertz CT molecular complexity index is 576. The van der Waals surface area contributed by atoms with Crippen molar-refractivity contribution in [2.24, 2.45) is 5.73 Å². The molecule has 0 aliphatic carbocycles. The van der Waals surface area contributed by atoms with Crippen LogP contribution in [0.2, 0.25) is 0 Å². The van der Waals surface area contributed by atoms with E-state index < -0.39 is 0 Å². The second kappa shape index (κ2) is 5.85. The average Bonchev–Trinajstić information content (AvgIpc) is 2.41. The first kappa shape index (κ1) is 13.6. The number of hydrogen-bond acceptors (Lipinski definition) is 2. The van der Waals surface area contributed by atoms with Gasteiger partial charge in [-0.25, -0.2) is 0 Å². The molecule has 0 saturated carbocycles. The molecule has 0 amide bonds. The molecule has 0 spiro atoms. The number of hydrogen-bond donors (Lipinski definition) is 1. The molecule has 0 fully saturated rings. The first-order valence-electron chi connectivity index (χ1n) is 6.23. The Morgan fingerprint density at radius 3 is 2.37 bits per heavy atom. The van der Waals surface area contributed by atoms with Crippen molar-refractivity contribution >= 4 is 22.9 Å². The minimum atomic E-state index is 0.436. The summed E-state index contributed by atoms with van der Waals surface area (Å²) >= 11 is 5.10. The molecule has 0 saturated heterocycles. The Labute approximate surface area is 119 Å². The first-order chi connectivity index (χ1) is 9.08. The highest BCUT2D eigenvalue weighted by molar-refractivity contribution is 7.80. The molecule has 0 unspecified atom stereocenters. The van der Waals surface area contributed by atoms with E-state index in [0.29, 0.717) is 4.99 Å². The number of anilines is 1. The Morgan fingerprint density at radius 2 is 1.74 bits per heavy atom. The van der Waals surface area contributed by atoms with Crippen molar-refractivity contribution in [3.05, 3.63) is 65.2 Å². The predicted octanol–water partition coefficient (Wildman–Crippen LogP) is 3.27. The van der Waals surface area contributed by atoms with Gasteiger partial charge in [-0.2, -0.15) is 0 Å². The van der Waals surface area contributed by atoms with E-state index in [1.165, 1.54) is 11.1 Å². The summed E-state index contributed by atoms with van der Waals surface area (Å²) in [6, 6.07) is 16.5. The average molecular weight is 270 g/mol. The highest BCUT2D eigenvalue weighted by Gasteiger charge is 2.09. The summed E-state index contributed by atoms with van der Waals surface area (Å²) in [5.74, 6) is 0. The Balaban J connectivity index is 2.22. The van der Waals surface area contributed by atoms with Gasteiger partial charge in [0.15, 0.2) is 0 Å². The van der Waals surface area contributed by atoms with Crippen molar-refractivity contribution in [3.63, 3.8) is 0 Å². The van der Waals surface area contributed by atoms with Crippen LogP contribution in [-0.4, -0.2) is 12.0 Å². The molecular formula is C16H18N2S. The molecule has 0 radical (unpaired) electrons. The van der Waals surface area contributed by atoms with Gasteiger partial charge in [0.05, 0.1) is 0 Å². The summed E-state index contributed by atoms with van der Waals surface area (Å²) in [5, 5.41) is 0. The molecule has 0 atom stereocenters. The highest BCUT2D eigenvalue weighted by Crippen LogP contribution is 2.21. The lowest BCUT2D eigenvalue weighted by atomic mass is 10.1. The number of thiocarbonyl (C=S) groups is 1. The zero-order chi connectivity index (χ0) is 13.8. The maximum absolute atomic E-state index is 5.77. The number of benzene rings is 2. The van der Waals surface area contributed by atoms with Gasteiger partial charge in [-0.15, -0.1) is 0 Å². The van der Waals surface area contributed by atoms with E-state index >= 15 is 0 Å². The minimum absolute atomic E-state index is 0.436. The summed E-state index contributed by atoms with van der Waals surface area (Å²) in [4.78, 5) is 2.60. The van der Waals surface area contributed by atoms with Crippen molar-refractivity contribution < 1.29 is 0 Å². The number of nitrogens with zero attached hydrogens (tertiary/aromatic N) is 1. The second-order valence-electron chi connectivity index (χ2n) is 4.72. The monoisotopic (exact) mass is 270 g/mol. The Hall–Kier alpha value is -1.87. The zero-order valence-electron chi connectivity index (χ0n) is 11.3. The number of rotatable bonds is 4. The SMILES string of the molecule is Cc1ccc(CN(C)c2ccccc2C(N)=S)cc1. The quantitative estimate of drug-likeness (QED) is 0.865. The van der Waals surface area contributed by atoms with E-state index in [4.69, 9.17) is 18.0 Å². The van der Waals surface area contributed by atoms with E-state index in [9.17, 15) is 0 Å². The van der Waals surface area contributed by atoms with Crippen molar-refractivity contribution in [3.8, 4) is 0 Å². The summed E-state index contributed by atoms with van der Waals surface area (Å²) in [5.41, 5.74) is 10.3. The third-order valence-corrected chi connectivity index (χ3v) is 3.34. The van der Waals surface area contributed by atoms with Crippen LogP contribution in [-0.2, 0) is 6.54 Å². The molecule has 0 bridgehead atoms. The first-order valence-corrected chi connectivity index (χ1v) is 6.64. The van der Waals surface area contributed by atoms with Crippen molar-refractivity contribution in [2.75, 3.05) is 11.9 Å². The lowest BCUT2D eigenvalue weighted by molar-refractivity contribution is 0.921. The van der Waals surface area contributed by atoms with Gasteiger partial charge in [0, 0.05) is 24.8 Å². The van der Waals surface area contributed by atoms with E-state index in [2.05, 4.69) is 43.1 Å². The summed E-state index contributed by atoms with van der Waals surface area (Å²) < 4.78 is 0. The standard InChI is InChI=1S/C16H18N2S/c1-12-7-9-13(10-8-12)11-18(2)15-6-4-3-5-14(15)16(17)19/h3-10H,11H2,1-2H3,(H2,17,19). The molecule has 2 aromatic rings. The molecule has 2 N–H and O–H groups in total. The maximum Gasteiger partial charge on any atom is 0.106 e. The van der Waals surface area contributed by atoms with Crippen molar-refractivity contribution in [1.82, 2.24) is 0 Å². The number of nitrogens with two attached hydrogens (primary N) is 1. The third kappa shape index (κ3) is 3.32. The summed E-state index contributed by atoms with van der Waals surface area (Å²) in [7, 11) is 2.05. The van der Waals surface area contributed by atoms with Crippen LogP contribution in [0.15, 0.2) is 48.5 Å². The molecule has 0 heterocycles. The molecular weight excluding hydrogens is 252 g/mol. The van der Waals surface area contributed by atoms with E-state index in [0.717, 1.165) is 17.8 Å². The van der Waals surface area contributed by atoms with Gasteiger partial charge in [0.2, 0.25) is 0 Å². The van der Waals surface area contributed by atoms with Crippen LogP contribution in [0.3, 0.4) is 0 Å². The van der Waals surface area contributed by atoms with E-state index in [1.807, 2.05) is 24.3 Å². The van der Waals surface area contributed by atoms with Gasteiger partial charge in [-0.05, 0) is 24.6 Å². The molecule has 2 aromatic carbocycles. The lowest BCUT2D eigenvalue weighted by Gasteiger charge is -2.22. The van der Waals surface area contributed by atoms with Gasteiger partial charge in [0.1, 0.15) is 4.99 Å². The van der Waals surface area contributed by atoms with Crippen LogP contribution < -0.4 is 10.6 Å². The molecule has 0 aliphatic rings. The highest BCUT2D eigenvalue weighted by atomic mass is 32.1. The van der Waals surface area contributed by atoms with Gasteiger partial charge in [-0.1, -0.05) is 54.2 Å². The van der Waals surface area contributed by atoms with Crippen LogP contribution in [0.5, 0.6) is 0 Å². The molecule has 2 rings (SSSR count).